The lowest BCUT2D eigenvalue weighted by Crippen LogP contribution is -2.03. The maximum Gasteiger partial charge on any atom is 0.223 e. The van der Waals surface area contributed by atoms with Gasteiger partial charge in [-0.05, 0) is 46.7 Å². The largest absolute Gasteiger partial charge is 0.354 e. The summed E-state index contributed by atoms with van der Waals surface area (Å²) < 4.78 is 14.4. The number of rotatable bonds is 4. The molecule has 18 heavy (non-hydrogen) atoms. The second-order valence-electron chi connectivity index (χ2n) is 3.29. The summed E-state index contributed by atoms with van der Waals surface area (Å²) >= 11 is 4.46. The highest BCUT2D eigenvalue weighted by Gasteiger charge is 2.09. The van der Waals surface area contributed by atoms with Gasteiger partial charge < -0.3 is 5.32 Å². The van der Waals surface area contributed by atoms with Crippen molar-refractivity contribution in [3.8, 4) is 0 Å². The Bertz CT molecular complexity index is 535. The van der Waals surface area contributed by atoms with Crippen LogP contribution >= 0.6 is 27.7 Å². The highest BCUT2D eigenvalue weighted by atomic mass is 79.9. The lowest BCUT2D eigenvalue weighted by Gasteiger charge is -2.05. The average molecular weight is 329 g/mol. The van der Waals surface area contributed by atoms with E-state index in [2.05, 4.69) is 36.2 Å². The lowest BCUT2D eigenvalue weighted by molar-refractivity contribution is 0.579. The first-order valence-corrected chi connectivity index (χ1v) is 6.86. The molecule has 2 heterocycles. The SMILES string of the molecule is CCNc1ncc(F)c(Sc2ccc(Br)cn2)n1. The van der Waals surface area contributed by atoms with Crippen molar-refractivity contribution in [2.45, 2.75) is 17.0 Å². The summed E-state index contributed by atoms with van der Waals surface area (Å²) in [6, 6.07) is 3.64. The Morgan fingerprint density at radius 2 is 2.17 bits per heavy atom. The third-order valence-electron chi connectivity index (χ3n) is 1.95. The van der Waals surface area contributed by atoms with Gasteiger partial charge in [0, 0.05) is 17.2 Å². The molecule has 0 aromatic carbocycles. The number of anilines is 1. The molecule has 0 aliphatic carbocycles. The number of pyridine rings is 1. The summed E-state index contributed by atoms with van der Waals surface area (Å²) in [5, 5.41) is 3.88. The fraction of sp³-hybridized carbons (Fsp3) is 0.182. The minimum absolute atomic E-state index is 0.260. The zero-order valence-electron chi connectivity index (χ0n) is 9.52. The summed E-state index contributed by atoms with van der Waals surface area (Å²) in [4.78, 5) is 12.1. The van der Waals surface area contributed by atoms with Crippen molar-refractivity contribution >= 4 is 33.6 Å². The van der Waals surface area contributed by atoms with E-state index in [9.17, 15) is 4.39 Å². The van der Waals surface area contributed by atoms with Crippen LogP contribution in [0.2, 0.25) is 0 Å². The molecule has 0 aliphatic heterocycles. The molecule has 0 atom stereocenters. The van der Waals surface area contributed by atoms with Crippen LogP contribution in [0.5, 0.6) is 0 Å². The first-order chi connectivity index (χ1) is 8.69. The second-order valence-corrected chi connectivity index (χ2v) is 5.22. The van der Waals surface area contributed by atoms with Gasteiger partial charge in [-0.15, -0.1) is 0 Å². The van der Waals surface area contributed by atoms with Gasteiger partial charge in [0.2, 0.25) is 5.95 Å². The van der Waals surface area contributed by atoms with E-state index in [0.29, 0.717) is 17.5 Å². The summed E-state index contributed by atoms with van der Waals surface area (Å²) in [7, 11) is 0. The summed E-state index contributed by atoms with van der Waals surface area (Å²) in [6.45, 7) is 2.61. The predicted octanol–water partition coefficient (Wildman–Crippen LogP) is 3.36. The van der Waals surface area contributed by atoms with Crippen LogP contribution in [0.15, 0.2) is 39.1 Å². The molecule has 0 bridgehead atoms. The minimum Gasteiger partial charge on any atom is -0.354 e. The molecule has 94 valence electrons. The van der Waals surface area contributed by atoms with E-state index >= 15 is 0 Å². The molecule has 1 N–H and O–H groups in total. The Morgan fingerprint density at radius 3 is 2.83 bits per heavy atom. The highest BCUT2D eigenvalue weighted by Crippen LogP contribution is 2.27. The Balaban J connectivity index is 2.22. The molecule has 0 radical (unpaired) electrons. The van der Waals surface area contributed by atoms with Crippen LogP contribution in [0.4, 0.5) is 10.3 Å². The van der Waals surface area contributed by atoms with Crippen molar-refractivity contribution in [3.05, 3.63) is 34.8 Å². The lowest BCUT2D eigenvalue weighted by atomic mass is 10.5. The molecule has 2 aromatic heterocycles. The fourth-order valence-electron chi connectivity index (χ4n) is 1.19. The van der Waals surface area contributed by atoms with E-state index in [0.717, 1.165) is 22.4 Å². The number of nitrogens with one attached hydrogen (secondary N) is 1. The topological polar surface area (TPSA) is 50.7 Å². The van der Waals surface area contributed by atoms with Crippen LogP contribution in [0.25, 0.3) is 0 Å². The Labute approximate surface area is 117 Å². The third-order valence-corrected chi connectivity index (χ3v) is 3.35. The molecule has 0 amide bonds. The van der Waals surface area contributed by atoms with E-state index in [1.165, 1.54) is 0 Å². The van der Waals surface area contributed by atoms with Crippen LogP contribution in [-0.2, 0) is 0 Å². The second kappa shape index (κ2) is 6.10. The number of nitrogens with zero attached hydrogens (tertiary/aromatic N) is 3. The van der Waals surface area contributed by atoms with Crippen LogP contribution in [0, 0.1) is 5.82 Å². The van der Waals surface area contributed by atoms with E-state index in [1.54, 1.807) is 12.3 Å². The van der Waals surface area contributed by atoms with Gasteiger partial charge in [0.25, 0.3) is 0 Å². The Morgan fingerprint density at radius 1 is 1.33 bits per heavy atom. The Hall–Kier alpha value is -1.21. The molecule has 0 fully saturated rings. The van der Waals surface area contributed by atoms with Crippen molar-refractivity contribution < 1.29 is 4.39 Å². The zero-order valence-corrected chi connectivity index (χ0v) is 11.9. The number of aromatic nitrogens is 3. The molecule has 2 aromatic rings. The quantitative estimate of drug-likeness (QED) is 0.872. The number of hydrogen-bond acceptors (Lipinski definition) is 5. The van der Waals surface area contributed by atoms with Crippen LogP contribution in [0.1, 0.15) is 6.92 Å². The maximum atomic E-state index is 13.6. The monoisotopic (exact) mass is 328 g/mol. The molecule has 0 saturated carbocycles. The maximum absolute atomic E-state index is 13.6. The highest BCUT2D eigenvalue weighted by molar-refractivity contribution is 9.10. The van der Waals surface area contributed by atoms with E-state index in [-0.39, 0.29) is 5.03 Å². The normalized spacial score (nSPS) is 10.4. The van der Waals surface area contributed by atoms with Crippen molar-refractivity contribution in [3.63, 3.8) is 0 Å². The molecule has 0 spiro atoms. The third kappa shape index (κ3) is 3.39. The van der Waals surface area contributed by atoms with Gasteiger partial charge in [-0.2, -0.15) is 0 Å². The zero-order chi connectivity index (χ0) is 13.0. The van der Waals surface area contributed by atoms with Crippen LogP contribution < -0.4 is 5.32 Å². The Kier molecular flexibility index (Phi) is 4.48. The van der Waals surface area contributed by atoms with Gasteiger partial charge in [0.1, 0.15) is 10.1 Å². The molecule has 2 rings (SSSR count). The van der Waals surface area contributed by atoms with Gasteiger partial charge in [-0.3, -0.25) is 0 Å². The molecule has 0 saturated heterocycles. The molecule has 0 unspecified atom stereocenters. The fourth-order valence-corrected chi connectivity index (χ4v) is 2.14. The standard InChI is InChI=1S/C11H10BrFN4S/c1-2-14-11-16-6-8(13)10(17-11)18-9-4-3-7(12)5-15-9/h3-6H,2H2,1H3,(H,14,16,17). The van der Waals surface area contributed by atoms with Crippen molar-refractivity contribution in [1.29, 1.82) is 0 Å². The van der Waals surface area contributed by atoms with Gasteiger partial charge in [0.05, 0.1) is 6.20 Å². The van der Waals surface area contributed by atoms with Crippen molar-refractivity contribution in [2.24, 2.45) is 0 Å². The van der Waals surface area contributed by atoms with E-state index in [1.807, 2.05) is 13.0 Å². The first kappa shape index (κ1) is 13.2. The first-order valence-electron chi connectivity index (χ1n) is 5.25. The van der Waals surface area contributed by atoms with Crippen LogP contribution in [-0.4, -0.2) is 21.5 Å². The summed E-state index contributed by atoms with van der Waals surface area (Å²) in [6.07, 6.45) is 2.82. The molecule has 4 nitrogen and oxygen atoms in total. The number of halogens is 2. The minimum atomic E-state index is -0.452. The van der Waals surface area contributed by atoms with Crippen molar-refractivity contribution in [2.75, 3.05) is 11.9 Å². The summed E-state index contributed by atoms with van der Waals surface area (Å²) in [5.74, 6) is -0.0371. The smallest absolute Gasteiger partial charge is 0.223 e. The summed E-state index contributed by atoms with van der Waals surface area (Å²) in [5.41, 5.74) is 0. The molecule has 7 heteroatoms. The van der Waals surface area contributed by atoms with Crippen molar-refractivity contribution in [1.82, 2.24) is 15.0 Å². The molecular weight excluding hydrogens is 319 g/mol. The number of hydrogen-bond donors (Lipinski definition) is 1. The van der Waals surface area contributed by atoms with Gasteiger partial charge in [-0.1, -0.05) is 0 Å². The molecule has 0 aliphatic rings. The van der Waals surface area contributed by atoms with E-state index in [4.69, 9.17) is 0 Å². The van der Waals surface area contributed by atoms with Gasteiger partial charge >= 0.3 is 0 Å². The van der Waals surface area contributed by atoms with Gasteiger partial charge in [0.15, 0.2) is 5.82 Å². The average Bonchev–Trinajstić information content (AvgIpc) is 2.36. The van der Waals surface area contributed by atoms with E-state index < -0.39 is 5.82 Å². The van der Waals surface area contributed by atoms with Crippen LogP contribution in [0.3, 0.4) is 0 Å². The predicted molar refractivity (Wildman–Crippen MR) is 72.2 cm³/mol. The molecular formula is C11H10BrFN4S. The van der Waals surface area contributed by atoms with Gasteiger partial charge in [-0.25, -0.2) is 19.3 Å².